The van der Waals surface area contributed by atoms with Gasteiger partial charge in [0.1, 0.15) is 0 Å². The zero-order chi connectivity index (χ0) is 7.56. The maximum atomic E-state index is 2.42. The Balaban J connectivity index is 0.000000231. The quantitative estimate of drug-likeness (QED) is 0.483. The van der Waals surface area contributed by atoms with E-state index >= 15 is 0 Å². The molecule has 0 nitrogen and oxygen atoms in total. The number of rotatable bonds is 0. The SMILES string of the molecule is CC.C[C@@H]1CC2CCC1C2. The van der Waals surface area contributed by atoms with E-state index in [1.807, 2.05) is 13.8 Å². The lowest BCUT2D eigenvalue weighted by molar-refractivity contribution is 0.360. The van der Waals surface area contributed by atoms with Crippen LogP contribution in [0.1, 0.15) is 46.5 Å². The van der Waals surface area contributed by atoms with Crippen molar-refractivity contribution in [3.05, 3.63) is 0 Å². The first-order valence-corrected chi connectivity index (χ1v) is 4.86. The Hall–Kier alpha value is 0. The van der Waals surface area contributed by atoms with Crippen molar-refractivity contribution in [2.75, 3.05) is 0 Å². The highest BCUT2D eigenvalue weighted by molar-refractivity contribution is 4.87. The second-order valence-electron chi connectivity index (χ2n) is 3.65. The van der Waals surface area contributed by atoms with Gasteiger partial charge < -0.3 is 0 Å². The van der Waals surface area contributed by atoms with Crippen LogP contribution in [0.4, 0.5) is 0 Å². The van der Waals surface area contributed by atoms with E-state index in [2.05, 4.69) is 6.92 Å². The smallest absolute Gasteiger partial charge is 0.0386 e. The van der Waals surface area contributed by atoms with Crippen LogP contribution in [0.2, 0.25) is 0 Å². The maximum Gasteiger partial charge on any atom is -0.0386 e. The van der Waals surface area contributed by atoms with Crippen LogP contribution in [-0.4, -0.2) is 0 Å². The highest BCUT2D eigenvalue weighted by Crippen LogP contribution is 2.47. The molecule has 0 spiro atoms. The molecule has 0 N–H and O–H groups in total. The lowest BCUT2D eigenvalue weighted by Crippen LogP contribution is -2.04. The summed E-state index contributed by atoms with van der Waals surface area (Å²) in [5.74, 6) is 3.36. The zero-order valence-electron chi connectivity index (χ0n) is 7.56. The van der Waals surface area contributed by atoms with E-state index in [0.717, 1.165) is 17.8 Å². The van der Waals surface area contributed by atoms with E-state index < -0.39 is 0 Å². The van der Waals surface area contributed by atoms with Crippen molar-refractivity contribution in [2.45, 2.75) is 46.5 Å². The third kappa shape index (κ3) is 1.36. The summed E-state index contributed by atoms with van der Waals surface area (Å²) in [5, 5.41) is 0. The van der Waals surface area contributed by atoms with Gasteiger partial charge in [-0.25, -0.2) is 0 Å². The molecule has 0 heteroatoms. The lowest BCUT2D eigenvalue weighted by Gasteiger charge is -2.15. The fraction of sp³-hybridized carbons (Fsp3) is 1.00. The predicted octanol–water partition coefficient (Wildman–Crippen LogP) is 3.47. The fourth-order valence-electron chi connectivity index (χ4n) is 2.56. The first kappa shape index (κ1) is 8.10. The average Bonchev–Trinajstić information content (AvgIpc) is 2.52. The van der Waals surface area contributed by atoms with Gasteiger partial charge in [-0.2, -0.15) is 0 Å². The number of hydrogen-bond acceptors (Lipinski definition) is 0. The molecule has 0 saturated heterocycles. The average molecular weight is 140 g/mol. The standard InChI is InChI=1S/C8H14.C2H6/c1-6-4-7-2-3-8(6)5-7;1-2/h6-8H,2-5H2,1H3;1-2H3/t6-,7?,8?;/m1./s1. The van der Waals surface area contributed by atoms with Crippen molar-refractivity contribution in [3.63, 3.8) is 0 Å². The summed E-state index contributed by atoms with van der Waals surface area (Å²) < 4.78 is 0. The van der Waals surface area contributed by atoms with E-state index in [0.29, 0.717) is 0 Å². The fourth-order valence-corrected chi connectivity index (χ4v) is 2.56. The van der Waals surface area contributed by atoms with E-state index in [1.165, 1.54) is 0 Å². The van der Waals surface area contributed by atoms with Crippen molar-refractivity contribution in [1.82, 2.24) is 0 Å². The van der Waals surface area contributed by atoms with Gasteiger partial charge in [-0.1, -0.05) is 27.2 Å². The molecule has 2 unspecified atom stereocenters. The molecule has 0 aromatic heterocycles. The van der Waals surface area contributed by atoms with Crippen LogP contribution in [0.5, 0.6) is 0 Å². The Labute approximate surface area is 65.0 Å². The van der Waals surface area contributed by atoms with Gasteiger partial charge in [-0.05, 0) is 37.0 Å². The van der Waals surface area contributed by atoms with Gasteiger partial charge in [-0.3, -0.25) is 0 Å². The van der Waals surface area contributed by atoms with Crippen LogP contribution in [-0.2, 0) is 0 Å². The second-order valence-corrected chi connectivity index (χ2v) is 3.65. The van der Waals surface area contributed by atoms with Crippen molar-refractivity contribution in [2.24, 2.45) is 17.8 Å². The summed E-state index contributed by atoms with van der Waals surface area (Å²) in [6.45, 7) is 6.42. The minimum absolute atomic E-state index is 1.08. The monoisotopic (exact) mass is 140 g/mol. The Morgan fingerprint density at radius 1 is 1.00 bits per heavy atom. The Kier molecular flexibility index (Phi) is 2.76. The molecule has 3 atom stereocenters. The van der Waals surface area contributed by atoms with Crippen LogP contribution in [0.3, 0.4) is 0 Å². The van der Waals surface area contributed by atoms with Gasteiger partial charge in [0, 0.05) is 0 Å². The van der Waals surface area contributed by atoms with Crippen LogP contribution < -0.4 is 0 Å². The van der Waals surface area contributed by atoms with Gasteiger partial charge in [0.05, 0.1) is 0 Å². The normalized spacial score (nSPS) is 42.9. The molecule has 0 aliphatic heterocycles. The molecule has 2 fully saturated rings. The molecule has 0 aromatic carbocycles. The van der Waals surface area contributed by atoms with E-state index in [1.54, 1.807) is 25.7 Å². The van der Waals surface area contributed by atoms with Crippen molar-refractivity contribution < 1.29 is 0 Å². The minimum atomic E-state index is 1.08. The molecule has 0 aromatic rings. The summed E-state index contributed by atoms with van der Waals surface area (Å²) in [6.07, 6.45) is 6.21. The molecule has 2 aliphatic carbocycles. The number of hydrogen-bond donors (Lipinski definition) is 0. The second kappa shape index (κ2) is 3.41. The molecule has 2 bridgehead atoms. The molecule has 0 radical (unpaired) electrons. The molecule has 60 valence electrons. The van der Waals surface area contributed by atoms with Crippen LogP contribution in [0.25, 0.3) is 0 Å². The van der Waals surface area contributed by atoms with Gasteiger partial charge in [-0.15, -0.1) is 0 Å². The topological polar surface area (TPSA) is 0 Å². The summed E-state index contributed by atoms with van der Waals surface area (Å²) in [7, 11) is 0. The molecular formula is C10H20. The van der Waals surface area contributed by atoms with Gasteiger partial charge in [0.2, 0.25) is 0 Å². The third-order valence-electron chi connectivity index (χ3n) is 3.09. The van der Waals surface area contributed by atoms with E-state index in [9.17, 15) is 0 Å². The van der Waals surface area contributed by atoms with Crippen LogP contribution in [0.15, 0.2) is 0 Å². The summed E-state index contributed by atoms with van der Waals surface area (Å²) >= 11 is 0. The highest BCUT2D eigenvalue weighted by atomic mass is 14.4. The Bertz CT molecular complexity index is 94.2. The van der Waals surface area contributed by atoms with Crippen molar-refractivity contribution in [3.8, 4) is 0 Å². The minimum Gasteiger partial charge on any atom is -0.0683 e. The molecule has 2 aliphatic rings. The summed E-state index contributed by atoms with van der Waals surface area (Å²) in [5.41, 5.74) is 0. The first-order valence-electron chi connectivity index (χ1n) is 4.86. The van der Waals surface area contributed by atoms with E-state index in [4.69, 9.17) is 0 Å². The molecule has 0 heterocycles. The third-order valence-corrected chi connectivity index (χ3v) is 3.09. The van der Waals surface area contributed by atoms with Gasteiger partial charge in [0.15, 0.2) is 0 Å². The van der Waals surface area contributed by atoms with Crippen molar-refractivity contribution in [1.29, 1.82) is 0 Å². The zero-order valence-corrected chi connectivity index (χ0v) is 7.56. The summed E-state index contributed by atoms with van der Waals surface area (Å²) in [6, 6.07) is 0. The van der Waals surface area contributed by atoms with Crippen LogP contribution in [0, 0.1) is 17.8 Å². The van der Waals surface area contributed by atoms with Gasteiger partial charge in [0.25, 0.3) is 0 Å². The Morgan fingerprint density at radius 2 is 1.70 bits per heavy atom. The van der Waals surface area contributed by atoms with E-state index in [-0.39, 0.29) is 0 Å². The predicted molar refractivity (Wildman–Crippen MR) is 46.0 cm³/mol. The molecule has 2 saturated carbocycles. The first-order chi connectivity index (χ1) is 4.86. The maximum absolute atomic E-state index is 2.42. The molecular weight excluding hydrogens is 120 g/mol. The van der Waals surface area contributed by atoms with Crippen LogP contribution >= 0.6 is 0 Å². The largest absolute Gasteiger partial charge is 0.0683 e. The Morgan fingerprint density at radius 3 is 1.90 bits per heavy atom. The highest BCUT2D eigenvalue weighted by Gasteiger charge is 2.36. The summed E-state index contributed by atoms with van der Waals surface area (Å²) in [4.78, 5) is 0. The lowest BCUT2D eigenvalue weighted by atomic mass is 9.91. The molecule has 2 rings (SSSR count). The molecule has 10 heavy (non-hydrogen) atoms. The molecule has 0 amide bonds. The number of fused-ring (bicyclic) bond motifs is 2. The van der Waals surface area contributed by atoms with Crippen molar-refractivity contribution >= 4 is 0 Å². The van der Waals surface area contributed by atoms with Gasteiger partial charge >= 0.3 is 0 Å².